The minimum absolute atomic E-state index is 0.0538. The first-order valence-electron chi connectivity index (χ1n) is 7.13. The maximum atomic E-state index is 12.7. The third-order valence-electron chi connectivity index (χ3n) is 3.66. The number of rotatable bonds is 4. The molecule has 1 amide bonds. The normalized spacial score (nSPS) is 11.5. The van der Waals surface area contributed by atoms with Crippen molar-refractivity contribution >= 4 is 17.5 Å². The lowest BCUT2D eigenvalue weighted by molar-refractivity contribution is 0.0702. The van der Waals surface area contributed by atoms with Gasteiger partial charge in [0.05, 0.1) is 17.7 Å². The zero-order valence-electron chi connectivity index (χ0n) is 12.6. The van der Waals surface area contributed by atoms with E-state index >= 15 is 0 Å². The van der Waals surface area contributed by atoms with Crippen molar-refractivity contribution in [3.8, 4) is 6.07 Å². The van der Waals surface area contributed by atoms with Crippen LogP contribution in [-0.4, -0.2) is 17.4 Å². The van der Waals surface area contributed by atoms with Gasteiger partial charge in [-0.25, -0.2) is 0 Å². The second kappa shape index (κ2) is 7.11. The Balaban J connectivity index is 2.26. The molecule has 0 fully saturated rings. The lowest BCUT2D eigenvalue weighted by Crippen LogP contribution is -2.33. The Kier molecular flexibility index (Phi) is 5.19. The lowest BCUT2D eigenvalue weighted by atomic mass is 10.0. The van der Waals surface area contributed by atoms with Crippen molar-refractivity contribution in [2.45, 2.75) is 19.9 Å². The van der Waals surface area contributed by atoms with Gasteiger partial charge in [-0.3, -0.25) is 4.79 Å². The number of carbonyl (C=O) groups excluding carboxylic acids is 1. The number of nitrogens with zero attached hydrogens (tertiary/aromatic N) is 2. The molecule has 0 N–H and O–H groups in total. The molecule has 0 aliphatic carbocycles. The molecule has 0 spiro atoms. The molecule has 2 aromatic carbocycles. The SMILES string of the molecule is CCN(C(=O)c1cccc(Cl)c1)C(C)c1ccc(C#N)cc1. The van der Waals surface area contributed by atoms with E-state index in [0.717, 1.165) is 5.56 Å². The van der Waals surface area contributed by atoms with E-state index < -0.39 is 0 Å². The van der Waals surface area contributed by atoms with Gasteiger partial charge in [-0.1, -0.05) is 29.8 Å². The molecule has 0 radical (unpaired) electrons. The Morgan fingerprint density at radius 2 is 1.95 bits per heavy atom. The summed E-state index contributed by atoms with van der Waals surface area (Å²) in [5.41, 5.74) is 2.19. The van der Waals surface area contributed by atoms with Crippen molar-refractivity contribution in [2.24, 2.45) is 0 Å². The fourth-order valence-corrected chi connectivity index (χ4v) is 2.59. The molecule has 112 valence electrons. The van der Waals surface area contributed by atoms with E-state index in [0.29, 0.717) is 22.7 Å². The number of carbonyl (C=O) groups is 1. The number of nitriles is 1. The molecular weight excluding hydrogens is 296 g/mol. The molecule has 0 aromatic heterocycles. The third kappa shape index (κ3) is 3.47. The van der Waals surface area contributed by atoms with E-state index in [2.05, 4.69) is 6.07 Å². The molecule has 2 rings (SSSR count). The van der Waals surface area contributed by atoms with Crippen molar-refractivity contribution in [1.82, 2.24) is 4.90 Å². The molecule has 3 nitrogen and oxygen atoms in total. The quantitative estimate of drug-likeness (QED) is 0.838. The summed E-state index contributed by atoms with van der Waals surface area (Å²) >= 11 is 5.97. The smallest absolute Gasteiger partial charge is 0.254 e. The number of amides is 1. The first-order valence-corrected chi connectivity index (χ1v) is 7.51. The van der Waals surface area contributed by atoms with Crippen LogP contribution in [0, 0.1) is 11.3 Å². The summed E-state index contributed by atoms with van der Waals surface area (Å²) in [5.74, 6) is -0.0538. The van der Waals surface area contributed by atoms with Gasteiger partial charge in [0.15, 0.2) is 0 Å². The molecule has 0 bridgehead atoms. The monoisotopic (exact) mass is 312 g/mol. The zero-order valence-corrected chi connectivity index (χ0v) is 13.3. The summed E-state index contributed by atoms with van der Waals surface area (Å²) in [7, 11) is 0. The predicted molar refractivity (Wildman–Crippen MR) is 87.7 cm³/mol. The van der Waals surface area contributed by atoms with E-state index in [-0.39, 0.29) is 11.9 Å². The summed E-state index contributed by atoms with van der Waals surface area (Å²) in [6, 6.07) is 16.3. The molecule has 0 saturated heterocycles. The summed E-state index contributed by atoms with van der Waals surface area (Å²) in [4.78, 5) is 14.5. The highest BCUT2D eigenvalue weighted by Crippen LogP contribution is 2.23. The Morgan fingerprint density at radius 3 is 2.50 bits per heavy atom. The standard InChI is InChI=1S/C18H17ClN2O/c1-3-21(18(22)16-5-4-6-17(19)11-16)13(2)15-9-7-14(12-20)8-10-15/h4-11,13H,3H2,1-2H3. The first kappa shape index (κ1) is 16.1. The van der Waals surface area contributed by atoms with Crippen molar-refractivity contribution in [1.29, 1.82) is 5.26 Å². The highest BCUT2D eigenvalue weighted by Gasteiger charge is 2.21. The summed E-state index contributed by atoms with van der Waals surface area (Å²) in [6.45, 7) is 4.52. The second-order valence-corrected chi connectivity index (χ2v) is 5.45. The van der Waals surface area contributed by atoms with Crippen LogP contribution in [0.1, 0.15) is 41.4 Å². The predicted octanol–water partition coefficient (Wildman–Crippen LogP) is 4.43. The Labute approximate surface area is 135 Å². The molecule has 0 heterocycles. The minimum atomic E-state index is -0.0794. The third-order valence-corrected chi connectivity index (χ3v) is 3.90. The van der Waals surface area contributed by atoms with Gasteiger partial charge in [-0.15, -0.1) is 0 Å². The average molecular weight is 313 g/mol. The Hall–Kier alpha value is -2.31. The van der Waals surface area contributed by atoms with Crippen LogP contribution in [0.3, 0.4) is 0 Å². The van der Waals surface area contributed by atoms with Crippen molar-refractivity contribution in [2.75, 3.05) is 6.54 Å². The molecule has 22 heavy (non-hydrogen) atoms. The number of halogens is 1. The Morgan fingerprint density at radius 1 is 1.27 bits per heavy atom. The van der Waals surface area contributed by atoms with Gasteiger partial charge in [0, 0.05) is 17.1 Å². The van der Waals surface area contributed by atoms with Crippen LogP contribution in [0.5, 0.6) is 0 Å². The fraction of sp³-hybridized carbons (Fsp3) is 0.222. The van der Waals surface area contributed by atoms with Gasteiger partial charge in [0.2, 0.25) is 0 Å². The van der Waals surface area contributed by atoms with Gasteiger partial charge in [0.1, 0.15) is 0 Å². The highest BCUT2D eigenvalue weighted by atomic mass is 35.5. The van der Waals surface area contributed by atoms with Gasteiger partial charge >= 0.3 is 0 Å². The van der Waals surface area contributed by atoms with Crippen LogP contribution >= 0.6 is 11.6 Å². The molecule has 0 saturated carbocycles. The van der Waals surface area contributed by atoms with Crippen LogP contribution in [0.25, 0.3) is 0 Å². The second-order valence-electron chi connectivity index (χ2n) is 5.01. The molecule has 0 aliphatic rings. The Bertz CT molecular complexity index is 704. The van der Waals surface area contributed by atoms with E-state index in [1.54, 1.807) is 41.3 Å². The van der Waals surface area contributed by atoms with Crippen molar-refractivity contribution in [3.05, 3.63) is 70.2 Å². The molecule has 1 atom stereocenters. The average Bonchev–Trinajstić information content (AvgIpc) is 2.55. The molecule has 2 aromatic rings. The van der Waals surface area contributed by atoms with Crippen LogP contribution in [-0.2, 0) is 0 Å². The van der Waals surface area contributed by atoms with E-state index in [4.69, 9.17) is 16.9 Å². The largest absolute Gasteiger partial charge is 0.332 e. The topological polar surface area (TPSA) is 44.1 Å². The maximum Gasteiger partial charge on any atom is 0.254 e. The molecule has 4 heteroatoms. The van der Waals surface area contributed by atoms with Gasteiger partial charge in [0.25, 0.3) is 5.91 Å². The summed E-state index contributed by atoms with van der Waals surface area (Å²) in [5, 5.41) is 9.41. The van der Waals surface area contributed by atoms with Gasteiger partial charge < -0.3 is 4.90 Å². The minimum Gasteiger partial charge on any atom is -0.332 e. The fourth-order valence-electron chi connectivity index (χ4n) is 2.40. The number of hydrogen-bond acceptors (Lipinski definition) is 2. The zero-order chi connectivity index (χ0) is 16.1. The summed E-state index contributed by atoms with van der Waals surface area (Å²) in [6.07, 6.45) is 0. The van der Waals surface area contributed by atoms with Gasteiger partial charge in [-0.05, 0) is 49.7 Å². The van der Waals surface area contributed by atoms with Crippen LogP contribution in [0.4, 0.5) is 0 Å². The maximum absolute atomic E-state index is 12.7. The molecule has 0 aliphatic heterocycles. The highest BCUT2D eigenvalue weighted by molar-refractivity contribution is 6.30. The van der Waals surface area contributed by atoms with Gasteiger partial charge in [-0.2, -0.15) is 5.26 Å². The van der Waals surface area contributed by atoms with E-state index in [1.807, 2.05) is 26.0 Å². The van der Waals surface area contributed by atoms with E-state index in [1.165, 1.54) is 0 Å². The van der Waals surface area contributed by atoms with Crippen LogP contribution in [0.2, 0.25) is 5.02 Å². The lowest BCUT2D eigenvalue weighted by Gasteiger charge is -2.28. The van der Waals surface area contributed by atoms with Crippen molar-refractivity contribution < 1.29 is 4.79 Å². The molecular formula is C18H17ClN2O. The molecule has 1 unspecified atom stereocenters. The van der Waals surface area contributed by atoms with E-state index in [9.17, 15) is 4.79 Å². The number of benzene rings is 2. The van der Waals surface area contributed by atoms with Crippen LogP contribution in [0.15, 0.2) is 48.5 Å². The summed E-state index contributed by atoms with van der Waals surface area (Å²) < 4.78 is 0. The van der Waals surface area contributed by atoms with Crippen molar-refractivity contribution in [3.63, 3.8) is 0 Å². The number of hydrogen-bond donors (Lipinski definition) is 0. The first-order chi connectivity index (χ1) is 10.6. The van der Waals surface area contributed by atoms with Crippen LogP contribution < -0.4 is 0 Å².